The van der Waals surface area contributed by atoms with Gasteiger partial charge in [-0.2, -0.15) is 5.26 Å². The first-order valence-corrected chi connectivity index (χ1v) is 12.1. The molecule has 0 unspecified atom stereocenters. The molecule has 0 atom stereocenters. The Labute approximate surface area is 198 Å². The van der Waals surface area contributed by atoms with Crippen molar-refractivity contribution in [2.75, 3.05) is 31.2 Å². The molecule has 0 bridgehead atoms. The lowest BCUT2D eigenvalue weighted by Crippen LogP contribution is -2.46. The molecule has 34 heavy (non-hydrogen) atoms. The van der Waals surface area contributed by atoms with Crippen molar-refractivity contribution in [1.82, 2.24) is 14.7 Å². The standard InChI is InChI=1S/C25H29N5O4/c26-17-18(23(31)27-19-6-2-1-3-7-19)16-20-22(28-21-8-4-5-11-30(21)24(20)32)29-12-9-25(10-13-29)33-14-15-34-25/h4-5,8,11,16,19H,1-3,6-7,9-10,12-15H2,(H,27,31)/b18-16-. The second-order valence-corrected chi connectivity index (χ2v) is 9.16. The Balaban J connectivity index is 1.50. The predicted octanol–water partition coefficient (Wildman–Crippen LogP) is 2.39. The van der Waals surface area contributed by atoms with Gasteiger partial charge in [-0.3, -0.25) is 14.0 Å². The second-order valence-electron chi connectivity index (χ2n) is 9.16. The molecule has 0 radical (unpaired) electrons. The van der Waals surface area contributed by atoms with Gasteiger partial charge in [0.1, 0.15) is 23.1 Å². The highest BCUT2D eigenvalue weighted by Gasteiger charge is 2.40. The molecule has 1 aliphatic carbocycles. The quantitative estimate of drug-likeness (QED) is 0.548. The van der Waals surface area contributed by atoms with Crippen LogP contribution in [0.3, 0.4) is 0 Å². The van der Waals surface area contributed by atoms with Crippen LogP contribution in [0.1, 0.15) is 50.5 Å². The molecule has 0 aromatic carbocycles. The van der Waals surface area contributed by atoms with E-state index in [2.05, 4.69) is 5.32 Å². The number of hydrogen-bond acceptors (Lipinski definition) is 7. The monoisotopic (exact) mass is 463 g/mol. The number of aromatic nitrogens is 2. The molecule has 178 valence electrons. The van der Waals surface area contributed by atoms with Crippen molar-refractivity contribution in [1.29, 1.82) is 5.26 Å². The average molecular weight is 464 g/mol. The number of piperidine rings is 1. The van der Waals surface area contributed by atoms with Crippen LogP contribution in [0, 0.1) is 11.3 Å². The fourth-order valence-corrected chi connectivity index (χ4v) is 5.11. The van der Waals surface area contributed by atoms with Gasteiger partial charge in [0.2, 0.25) is 0 Å². The third kappa shape index (κ3) is 4.43. The molecule has 3 aliphatic rings. The van der Waals surface area contributed by atoms with Crippen LogP contribution in [0.4, 0.5) is 5.82 Å². The molecular formula is C25H29N5O4. The molecule has 9 nitrogen and oxygen atoms in total. The Morgan fingerprint density at radius 3 is 2.62 bits per heavy atom. The van der Waals surface area contributed by atoms with Gasteiger partial charge in [-0.1, -0.05) is 25.3 Å². The summed E-state index contributed by atoms with van der Waals surface area (Å²) < 4.78 is 13.1. The van der Waals surface area contributed by atoms with Crippen LogP contribution in [-0.2, 0) is 14.3 Å². The number of pyridine rings is 1. The van der Waals surface area contributed by atoms with Gasteiger partial charge in [-0.15, -0.1) is 0 Å². The summed E-state index contributed by atoms with van der Waals surface area (Å²) in [6.45, 7) is 2.36. The lowest BCUT2D eigenvalue weighted by molar-refractivity contribution is -0.169. The van der Waals surface area contributed by atoms with Crippen molar-refractivity contribution >= 4 is 23.4 Å². The maximum atomic E-state index is 13.5. The lowest BCUT2D eigenvalue weighted by atomic mass is 9.95. The second kappa shape index (κ2) is 9.57. The minimum absolute atomic E-state index is 0.0676. The first-order valence-electron chi connectivity index (χ1n) is 12.1. The van der Waals surface area contributed by atoms with Gasteiger partial charge < -0.3 is 19.7 Å². The van der Waals surface area contributed by atoms with Gasteiger partial charge in [0.15, 0.2) is 5.79 Å². The van der Waals surface area contributed by atoms with Gasteiger partial charge in [-0.25, -0.2) is 4.98 Å². The van der Waals surface area contributed by atoms with Crippen LogP contribution in [-0.4, -0.2) is 53.4 Å². The number of carbonyl (C=O) groups excluding carboxylic acids is 1. The van der Waals surface area contributed by atoms with E-state index < -0.39 is 11.7 Å². The molecule has 9 heteroatoms. The molecule has 2 saturated heterocycles. The fraction of sp³-hybridized carbons (Fsp3) is 0.520. The lowest BCUT2D eigenvalue weighted by Gasteiger charge is -2.38. The smallest absolute Gasteiger partial charge is 0.267 e. The Morgan fingerprint density at radius 2 is 1.91 bits per heavy atom. The predicted molar refractivity (Wildman–Crippen MR) is 126 cm³/mol. The van der Waals surface area contributed by atoms with E-state index in [1.165, 1.54) is 16.9 Å². The maximum Gasteiger partial charge on any atom is 0.267 e. The number of anilines is 1. The molecule has 3 fully saturated rings. The Bertz CT molecular complexity index is 1190. The molecule has 1 N–H and O–H groups in total. The zero-order chi connectivity index (χ0) is 23.5. The van der Waals surface area contributed by atoms with Crippen molar-refractivity contribution in [3.05, 3.63) is 45.9 Å². The summed E-state index contributed by atoms with van der Waals surface area (Å²) in [5.74, 6) is -0.527. The molecular weight excluding hydrogens is 434 g/mol. The van der Waals surface area contributed by atoms with E-state index in [1.807, 2.05) is 17.0 Å². The molecule has 5 rings (SSSR count). The first kappa shape index (κ1) is 22.6. The first-order chi connectivity index (χ1) is 16.6. The van der Waals surface area contributed by atoms with E-state index in [4.69, 9.17) is 14.5 Å². The summed E-state index contributed by atoms with van der Waals surface area (Å²) in [4.78, 5) is 33.1. The number of nitriles is 1. The van der Waals surface area contributed by atoms with Gasteiger partial charge in [-0.05, 0) is 31.1 Å². The van der Waals surface area contributed by atoms with Crippen LogP contribution in [0.15, 0.2) is 34.8 Å². The molecule has 2 aromatic heterocycles. The van der Waals surface area contributed by atoms with Crippen molar-refractivity contribution in [3.8, 4) is 6.07 Å². The average Bonchev–Trinajstić information content (AvgIpc) is 3.32. The van der Waals surface area contributed by atoms with Crippen molar-refractivity contribution in [2.24, 2.45) is 0 Å². The van der Waals surface area contributed by atoms with E-state index in [0.717, 1.165) is 25.7 Å². The molecule has 1 amide bonds. The van der Waals surface area contributed by atoms with Crippen molar-refractivity contribution in [2.45, 2.75) is 56.8 Å². The number of nitrogens with zero attached hydrogens (tertiary/aromatic N) is 4. The zero-order valence-corrected chi connectivity index (χ0v) is 19.2. The van der Waals surface area contributed by atoms with Crippen LogP contribution in [0.25, 0.3) is 11.7 Å². The number of ether oxygens (including phenoxy) is 2. The summed E-state index contributed by atoms with van der Waals surface area (Å²) in [6.07, 6.45) is 9.48. The number of hydrogen-bond donors (Lipinski definition) is 1. The Hall–Kier alpha value is -3.22. The van der Waals surface area contributed by atoms with Gasteiger partial charge in [0.05, 0.1) is 18.8 Å². The van der Waals surface area contributed by atoms with E-state index in [0.29, 0.717) is 50.6 Å². The summed E-state index contributed by atoms with van der Waals surface area (Å²) in [5.41, 5.74) is 0.353. The highest BCUT2D eigenvalue weighted by molar-refractivity contribution is 6.02. The SMILES string of the molecule is N#C/C(=C/c1c(N2CCC3(CC2)OCCO3)nc2ccccn2c1=O)C(=O)NC1CCCCC1. The summed E-state index contributed by atoms with van der Waals surface area (Å²) in [5, 5.41) is 12.8. The molecule has 2 aromatic rings. The van der Waals surface area contributed by atoms with Crippen molar-refractivity contribution in [3.63, 3.8) is 0 Å². The summed E-state index contributed by atoms with van der Waals surface area (Å²) in [7, 11) is 0. The number of amides is 1. The molecule has 2 aliphatic heterocycles. The van der Waals surface area contributed by atoms with E-state index >= 15 is 0 Å². The third-order valence-electron chi connectivity index (χ3n) is 6.98. The highest BCUT2D eigenvalue weighted by Crippen LogP contribution is 2.33. The van der Waals surface area contributed by atoms with Crippen LogP contribution < -0.4 is 15.8 Å². The zero-order valence-electron chi connectivity index (χ0n) is 19.2. The third-order valence-corrected chi connectivity index (χ3v) is 6.98. The van der Waals surface area contributed by atoms with Crippen LogP contribution in [0.2, 0.25) is 0 Å². The van der Waals surface area contributed by atoms with Crippen molar-refractivity contribution < 1.29 is 14.3 Å². The van der Waals surface area contributed by atoms with Gasteiger partial charge >= 0.3 is 0 Å². The Morgan fingerprint density at radius 1 is 1.18 bits per heavy atom. The summed E-state index contributed by atoms with van der Waals surface area (Å²) in [6, 6.07) is 7.42. The minimum atomic E-state index is -0.559. The Kier molecular flexibility index (Phi) is 6.35. The largest absolute Gasteiger partial charge is 0.355 e. The highest BCUT2D eigenvalue weighted by atomic mass is 16.7. The molecule has 1 saturated carbocycles. The minimum Gasteiger partial charge on any atom is -0.355 e. The maximum absolute atomic E-state index is 13.5. The van der Waals surface area contributed by atoms with Gasteiger partial charge in [0, 0.05) is 38.2 Å². The number of nitrogens with one attached hydrogen (secondary N) is 1. The number of rotatable bonds is 4. The normalized spacial score (nSPS) is 21.0. The van der Waals surface area contributed by atoms with E-state index in [9.17, 15) is 14.9 Å². The van der Waals surface area contributed by atoms with E-state index in [-0.39, 0.29) is 22.7 Å². The molecule has 4 heterocycles. The fourth-order valence-electron chi connectivity index (χ4n) is 5.11. The summed E-state index contributed by atoms with van der Waals surface area (Å²) >= 11 is 0. The van der Waals surface area contributed by atoms with Crippen LogP contribution in [0.5, 0.6) is 0 Å². The number of fused-ring (bicyclic) bond motifs is 1. The topological polar surface area (TPSA) is 109 Å². The van der Waals surface area contributed by atoms with Gasteiger partial charge in [0.25, 0.3) is 11.5 Å². The van der Waals surface area contributed by atoms with E-state index in [1.54, 1.807) is 18.3 Å². The molecule has 1 spiro atoms. The number of carbonyl (C=O) groups is 1. The van der Waals surface area contributed by atoms with Crippen LogP contribution >= 0.6 is 0 Å².